The second kappa shape index (κ2) is 26.0. The molecule has 4 rings (SSSR count). The van der Waals surface area contributed by atoms with Gasteiger partial charge in [-0.3, -0.25) is 62.5 Å². The van der Waals surface area contributed by atoms with Crippen LogP contribution < -0.4 is 32.7 Å². The maximum Gasteiger partial charge on any atom is 0.306 e. The highest BCUT2D eigenvalue weighted by Crippen LogP contribution is 2.41. The molecule has 10 N–H and O–H groups in total. The van der Waals surface area contributed by atoms with Gasteiger partial charge in [0.2, 0.25) is 41.4 Å². The van der Waals surface area contributed by atoms with Crippen molar-refractivity contribution < 1.29 is 71.7 Å². The Kier molecular flexibility index (Phi) is 20.5. The molecule has 2 aromatic carbocycles. The summed E-state index contributed by atoms with van der Waals surface area (Å²) in [6.07, 6.45) is 0.748. The van der Waals surface area contributed by atoms with Gasteiger partial charge in [0.1, 0.15) is 42.9 Å². The molecule has 0 bridgehead atoms. The Labute approximate surface area is 423 Å². The van der Waals surface area contributed by atoms with Gasteiger partial charge in [-0.2, -0.15) is 0 Å². The molecule has 74 heavy (non-hydrogen) atoms. The van der Waals surface area contributed by atoms with Crippen molar-refractivity contribution in [2.45, 2.75) is 90.6 Å². The van der Waals surface area contributed by atoms with E-state index in [9.17, 15) is 67.3 Å². The number of nitrogens with zero attached hydrogens (tertiary/aromatic N) is 4. The summed E-state index contributed by atoms with van der Waals surface area (Å²) in [5.41, 5.74) is 11.2. The molecule has 5 atom stereocenters. The average Bonchev–Trinajstić information content (AvgIpc) is 3.87. The fourth-order valence-electron chi connectivity index (χ4n) is 8.07. The molecule has 1 aromatic heterocycles. The lowest BCUT2D eigenvalue weighted by Gasteiger charge is -2.41. The number of carboxylic acid groups (broad SMARTS) is 1. The van der Waals surface area contributed by atoms with Crippen molar-refractivity contribution >= 4 is 65.0 Å². The minimum Gasteiger partial charge on any atom is -0.481 e. The number of aliphatic carboxylic acids is 1. The summed E-state index contributed by atoms with van der Waals surface area (Å²) in [7, 11) is 0. The quantitative estimate of drug-likeness (QED) is 0.0386. The summed E-state index contributed by atoms with van der Waals surface area (Å²) in [6.45, 7) is 4.47. The Morgan fingerprint density at radius 2 is 1.45 bits per heavy atom. The Balaban J connectivity index is 1.78. The molecular weight excluding hydrogens is 975 g/mol. The number of carbonyl (C=O) groups excluding carboxylic acids is 10. The molecule has 2 heterocycles. The van der Waals surface area contributed by atoms with Crippen molar-refractivity contribution in [1.29, 1.82) is 0 Å². The van der Waals surface area contributed by atoms with Crippen LogP contribution in [0, 0.1) is 17.0 Å². The third kappa shape index (κ3) is 15.9. The Bertz CT molecular complexity index is 2650. The number of nitrogens with one attached hydrogen (secondary N) is 4. The van der Waals surface area contributed by atoms with Gasteiger partial charge in [-0.15, -0.1) is 0 Å². The van der Waals surface area contributed by atoms with E-state index in [4.69, 9.17) is 11.5 Å². The monoisotopic (exact) mass is 1030 g/mol. The molecule has 23 nitrogen and oxygen atoms in total. The van der Waals surface area contributed by atoms with Crippen LogP contribution >= 0.6 is 0 Å². The number of halogens is 2. The number of imide groups is 2. The number of primary amides is 1. The smallest absolute Gasteiger partial charge is 0.306 e. The van der Waals surface area contributed by atoms with E-state index in [-0.39, 0.29) is 35.7 Å². The predicted molar refractivity (Wildman–Crippen MR) is 258 cm³/mol. The number of aliphatic hydroxyl groups is 1. The maximum absolute atomic E-state index is 15.4. The largest absolute Gasteiger partial charge is 0.481 e. The minimum absolute atomic E-state index is 0.109. The van der Waals surface area contributed by atoms with Crippen molar-refractivity contribution in [2.75, 3.05) is 32.8 Å². The minimum atomic E-state index is -2.28. The van der Waals surface area contributed by atoms with Crippen LogP contribution in [0.15, 0.2) is 72.9 Å². The number of carboxylic acids is 1. The van der Waals surface area contributed by atoms with Crippen molar-refractivity contribution in [2.24, 2.45) is 16.9 Å². The highest BCUT2D eigenvalue weighted by Gasteiger charge is 2.42. The zero-order chi connectivity index (χ0) is 55.2. The lowest BCUT2D eigenvalue weighted by Crippen LogP contribution is -2.61. The zero-order valence-corrected chi connectivity index (χ0v) is 41.3. The first-order chi connectivity index (χ1) is 34.7. The van der Waals surface area contributed by atoms with Crippen LogP contribution in [0.25, 0.3) is 11.1 Å². The third-order valence-corrected chi connectivity index (χ3v) is 11.5. The lowest BCUT2D eigenvalue weighted by molar-refractivity contribution is -0.156. The van der Waals surface area contributed by atoms with E-state index in [1.165, 1.54) is 11.8 Å². The van der Waals surface area contributed by atoms with Crippen molar-refractivity contribution in [3.8, 4) is 11.1 Å². The molecule has 0 radical (unpaired) electrons. The van der Waals surface area contributed by atoms with Gasteiger partial charge in [0.25, 0.3) is 17.7 Å². The number of carbonyl (C=O) groups is 11. The van der Waals surface area contributed by atoms with E-state index in [0.717, 1.165) is 42.8 Å². The molecule has 0 unspecified atom stereocenters. The first-order valence-corrected chi connectivity index (χ1v) is 23.1. The second-order valence-electron chi connectivity index (χ2n) is 18.4. The molecule has 0 spiro atoms. The molecule has 25 heteroatoms. The van der Waals surface area contributed by atoms with Crippen molar-refractivity contribution in [3.63, 3.8) is 0 Å². The van der Waals surface area contributed by atoms with Gasteiger partial charge in [0, 0.05) is 68.3 Å². The van der Waals surface area contributed by atoms with Crippen LogP contribution in [-0.4, -0.2) is 151 Å². The third-order valence-electron chi connectivity index (χ3n) is 11.5. The number of hydrogen-bond donors (Lipinski definition) is 8. The van der Waals surface area contributed by atoms with Crippen LogP contribution in [0.5, 0.6) is 0 Å². The molecule has 0 saturated carbocycles. The van der Waals surface area contributed by atoms with Gasteiger partial charge >= 0.3 is 5.97 Å². The first kappa shape index (κ1) is 58.4. The number of rotatable bonds is 25. The zero-order valence-electron chi connectivity index (χ0n) is 41.3. The molecule has 1 aliphatic rings. The second-order valence-corrected chi connectivity index (χ2v) is 18.4. The Morgan fingerprint density at radius 1 is 0.824 bits per heavy atom. The van der Waals surface area contributed by atoms with E-state index < -0.39 is 151 Å². The van der Waals surface area contributed by atoms with Crippen LogP contribution in [0.2, 0.25) is 0 Å². The number of benzene rings is 2. The lowest BCUT2D eigenvalue weighted by atomic mass is 9.82. The summed E-state index contributed by atoms with van der Waals surface area (Å²) in [5.74, 6) is -13.7. The summed E-state index contributed by atoms with van der Waals surface area (Å²) < 4.78 is 31.7. The van der Waals surface area contributed by atoms with Gasteiger partial charge in [-0.25, -0.2) is 8.78 Å². The molecule has 398 valence electrons. The van der Waals surface area contributed by atoms with Gasteiger partial charge in [0.05, 0.1) is 24.9 Å². The van der Waals surface area contributed by atoms with E-state index in [1.54, 1.807) is 55.8 Å². The van der Waals surface area contributed by atoms with Crippen molar-refractivity contribution in [3.05, 3.63) is 95.8 Å². The van der Waals surface area contributed by atoms with E-state index in [2.05, 4.69) is 21.3 Å². The highest BCUT2D eigenvalue weighted by atomic mass is 19.1. The number of amides is 10. The molecular formula is C49H60F2N10O13. The van der Waals surface area contributed by atoms with Crippen LogP contribution in [-0.2, 0) is 59.3 Å². The van der Waals surface area contributed by atoms with Crippen LogP contribution in [0.3, 0.4) is 0 Å². The number of nitrogens with two attached hydrogens (primary N) is 2. The van der Waals surface area contributed by atoms with E-state index in [0.29, 0.717) is 10.6 Å². The van der Waals surface area contributed by atoms with Crippen molar-refractivity contribution in [1.82, 2.24) is 40.5 Å². The summed E-state index contributed by atoms with van der Waals surface area (Å²) in [6, 6.07) is 5.10. The normalized spacial score (nSPS) is 14.3. The summed E-state index contributed by atoms with van der Waals surface area (Å²) >= 11 is 0. The van der Waals surface area contributed by atoms with Crippen LogP contribution in [0.1, 0.15) is 71.2 Å². The topological polar surface area (TPSA) is 343 Å². The van der Waals surface area contributed by atoms with E-state index >= 15 is 4.39 Å². The summed E-state index contributed by atoms with van der Waals surface area (Å²) in [5, 5.41) is 29.8. The average molecular weight is 1040 g/mol. The predicted octanol–water partition coefficient (Wildman–Crippen LogP) is -0.652. The molecule has 0 aliphatic carbocycles. The molecule has 0 fully saturated rings. The van der Waals surface area contributed by atoms with E-state index in [1.807, 2.05) is 12.1 Å². The SMILES string of the molecule is CC(=O)N(C(=O)[C@@H](CC(N)=O)NC(=O)[C@H](C)N)[C@@H](CC(=O)O)C(=O)N[C@@H](CCN(C(=O)CO)[C@@H](c1cc(-c2cc(F)ccc2F)cn1Cc1ccccc1)C(C)(C)C)C(=O)NCCNC(=O)CN1C(=O)C=CC1=O. The number of aromatic nitrogens is 1. The fourth-order valence-corrected chi connectivity index (χ4v) is 8.07. The number of aliphatic hydroxyl groups excluding tert-OH is 1. The molecule has 0 saturated heterocycles. The van der Waals surface area contributed by atoms with Gasteiger partial charge in [0.15, 0.2) is 0 Å². The van der Waals surface area contributed by atoms with Crippen LogP contribution in [0.4, 0.5) is 8.78 Å². The number of hydrogen-bond acceptors (Lipinski definition) is 13. The first-order valence-electron chi connectivity index (χ1n) is 23.1. The molecule has 3 aromatic rings. The molecule has 1 aliphatic heterocycles. The Hall–Kier alpha value is -8.19. The van der Waals surface area contributed by atoms with Gasteiger partial charge in [-0.1, -0.05) is 51.1 Å². The summed E-state index contributed by atoms with van der Waals surface area (Å²) in [4.78, 5) is 145. The van der Waals surface area contributed by atoms with Gasteiger partial charge in [-0.05, 0) is 48.6 Å². The maximum atomic E-state index is 15.4. The fraction of sp³-hybridized carbons (Fsp3) is 0.408. The Morgan fingerprint density at radius 3 is 2.01 bits per heavy atom. The van der Waals surface area contributed by atoms with Gasteiger partial charge < -0.3 is 52.4 Å². The standard InChI is InChI=1S/C49H60F2N10O13/c1-27(52)45(71)57-35(21-38(53)64)48(74)61(28(2)63)37(22-43(69)70)47(73)56-34(46(72)55-17-16-54-39(65)25-60-40(66)13-14-41(60)67)15-18-59(42(68)26-62)44(49(3,4)5)36-19-30(32-20-31(50)11-12-33(32)51)24-58(36)23-29-9-7-6-8-10-29/h6-14,19-20,24,27,34-35,37,44,62H,15-18,21-23,25-26,52H2,1-5H3,(H2,53,64)(H,54,65)(H,55,72)(H,56,73)(H,57,71)(H,69,70)/t27-,34-,35+,37-,44-/m0/s1. The highest BCUT2D eigenvalue weighted by molar-refractivity contribution is 6.14. The molecule has 10 amide bonds.